The van der Waals surface area contributed by atoms with Crippen molar-refractivity contribution >= 4 is 29.1 Å². The molecule has 0 bridgehead atoms. The standard InChI is InChI=1S/C23H26ClN3O2/c24-20-7-3-1-6-19(20)17-23(29)26-15-13-25(14-16-26)11-10-22(28)27-12-9-18-5-2-4-8-21(18)27/h1-8H,9-17H2. The fourth-order valence-electron chi connectivity index (χ4n) is 4.12. The Bertz CT molecular complexity index is 893. The molecule has 0 unspecified atom stereocenters. The maximum Gasteiger partial charge on any atom is 0.228 e. The Kier molecular flexibility index (Phi) is 6.16. The van der Waals surface area contributed by atoms with Gasteiger partial charge in [-0.2, -0.15) is 0 Å². The molecule has 0 spiro atoms. The third kappa shape index (κ3) is 4.62. The summed E-state index contributed by atoms with van der Waals surface area (Å²) < 4.78 is 0. The van der Waals surface area contributed by atoms with E-state index >= 15 is 0 Å². The van der Waals surface area contributed by atoms with E-state index in [0.29, 0.717) is 31.0 Å². The van der Waals surface area contributed by atoms with Crippen molar-refractivity contribution in [3.63, 3.8) is 0 Å². The van der Waals surface area contributed by atoms with Gasteiger partial charge in [0.05, 0.1) is 6.42 Å². The van der Waals surface area contributed by atoms with Crippen LogP contribution in [0.4, 0.5) is 5.69 Å². The quantitative estimate of drug-likeness (QED) is 0.759. The van der Waals surface area contributed by atoms with Crippen molar-refractivity contribution in [2.24, 2.45) is 0 Å². The summed E-state index contributed by atoms with van der Waals surface area (Å²) >= 11 is 6.17. The van der Waals surface area contributed by atoms with E-state index in [1.807, 2.05) is 52.3 Å². The van der Waals surface area contributed by atoms with Gasteiger partial charge in [0.1, 0.15) is 0 Å². The van der Waals surface area contributed by atoms with Gasteiger partial charge in [0.25, 0.3) is 0 Å². The summed E-state index contributed by atoms with van der Waals surface area (Å²) in [4.78, 5) is 31.3. The largest absolute Gasteiger partial charge is 0.340 e. The molecule has 0 saturated carbocycles. The van der Waals surface area contributed by atoms with Gasteiger partial charge in [-0.3, -0.25) is 14.5 Å². The smallest absolute Gasteiger partial charge is 0.228 e. The highest BCUT2D eigenvalue weighted by Crippen LogP contribution is 2.28. The second-order valence-electron chi connectivity index (χ2n) is 7.66. The summed E-state index contributed by atoms with van der Waals surface area (Å²) in [6, 6.07) is 15.6. The number of benzene rings is 2. The highest BCUT2D eigenvalue weighted by Gasteiger charge is 2.26. The van der Waals surface area contributed by atoms with Crippen LogP contribution < -0.4 is 4.90 Å². The zero-order valence-corrected chi connectivity index (χ0v) is 17.3. The number of para-hydroxylation sites is 1. The van der Waals surface area contributed by atoms with Gasteiger partial charge in [-0.15, -0.1) is 0 Å². The molecule has 152 valence electrons. The molecule has 29 heavy (non-hydrogen) atoms. The molecule has 1 fully saturated rings. The first-order chi connectivity index (χ1) is 14.1. The van der Waals surface area contributed by atoms with Gasteiger partial charge >= 0.3 is 0 Å². The first-order valence-electron chi connectivity index (χ1n) is 10.2. The average molecular weight is 412 g/mol. The predicted molar refractivity (Wildman–Crippen MR) is 115 cm³/mol. The molecule has 6 heteroatoms. The monoisotopic (exact) mass is 411 g/mol. The van der Waals surface area contributed by atoms with Gasteiger partial charge in [0, 0.05) is 56.4 Å². The number of halogens is 1. The zero-order valence-electron chi connectivity index (χ0n) is 16.5. The lowest BCUT2D eigenvalue weighted by Gasteiger charge is -2.35. The molecule has 0 aromatic heterocycles. The molecular formula is C23H26ClN3O2. The molecule has 0 atom stereocenters. The summed E-state index contributed by atoms with van der Waals surface area (Å²) in [5.41, 5.74) is 3.19. The maximum atomic E-state index is 12.7. The number of carbonyl (C=O) groups excluding carboxylic acids is 2. The zero-order chi connectivity index (χ0) is 20.2. The Labute approximate surface area is 176 Å². The van der Waals surface area contributed by atoms with Gasteiger partial charge in [0.2, 0.25) is 11.8 Å². The number of rotatable bonds is 5. The van der Waals surface area contributed by atoms with Crippen LogP contribution >= 0.6 is 11.6 Å². The molecule has 0 aliphatic carbocycles. The van der Waals surface area contributed by atoms with Crippen molar-refractivity contribution in [1.82, 2.24) is 9.80 Å². The molecule has 2 heterocycles. The Morgan fingerprint density at radius 1 is 0.862 bits per heavy atom. The minimum atomic E-state index is 0.113. The van der Waals surface area contributed by atoms with E-state index in [1.54, 1.807) is 0 Å². The van der Waals surface area contributed by atoms with Crippen molar-refractivity contribution in [1.29, 1.82) is 0 Å². The molecule has 4 rings (SSSR count). The maximum absolute atomic E-state index is 12.7. The minimum Gasteiger partial charge on any atom is -0.340 e. The number of nitrogens with zero attached hydrogens (tertiary/aromatic N) is 3. The number of piperazine rings is 1. The summed E-state index contributed by atoms with van der Waals surface area (Å²) in [7, 11) is 0. The summed E-state index contributed by atoms with van der Waals surface area (Å²) in [6.45, 7) is 4.52. The topological polar surface area (TPSA) is 43.9 Å². The van der Waals surface area contributed by atoms with Crippen LogP contribution in [-0.2, 0) is 22.4 Å². The molecule has 0 N–H and O–H groups in total. The van der Waals surface area contributed by atoms with E-state index in [4.69, 9.17) is 11.6 Å². The SMILES string of the molecule is O=C(Cc1ccccc1Cl)N1CCN(CCC(=O)N2CCc3ccccc32)CC1. The van der Waals surface area contributed by atoms with Crippen LogP contribution in [0.5, 0.6) is 0 Å². The normalized spacial score (nSPS) is 16.7. The number of hydrogen-bond donors (Lipinski definition) is 0. The molecule has 5 nitrogen and oxygen atoms in total. The van der Waals surface area contributed by atoms with Crippen LogP contribution in [0.2, 0.25) is 5.02 Å². The Morgan fingerprint density at radius 2 is 1.59 bits per heavy atom. The number of carbonyl (C=O) groups is 2. The van der Waals surface area contributed by atoms with Crippen molar-refractivity contribution in [3.05, 3.63) is 64.7 Å². The van der Waals surface area contributed by atoms with E-state index in [-0.39, 0.29) is 11.8 Å². The number of amides is 2. The van der Waals surface area contributed by atoms with Crippen LogP contribution in [0, 0.1) is 0 Å². The summed E-state index contributed by atoms with van der Waals surface area (Å²) in [5.74, 6) is 0.301. The van der Waals surface area contributed by atoms with Crippen LogP contribution in [0.3, 0.4) is 0 Å². The van der Waals surface area contributed by atoms with Crippen molar-refractivity contribution in [3.8, 4) is 0 Å². The number of anilines is 1. The lowest BCUT2D eigenvalue weighted by atomic mass is 10.1. The molecule has 1 saturated heterocycles. The van der Waals surface area contributed by atoms with Crippen molar-refractivity contribution in [2.75, 3.05) is 44.2 Å². The van der Waals surface area contributed by atoms with Crippen LogP contribution in [0.25, 0.3) is 0 Å². The molecular weight excluding hydrogens is 386 g/mol. The number of hydrogen-bond acceptors (Lipinski definition) is 3. The van der Waals surface area contributed by atoms with Gasteiger partial charge in [0.15, 0.2) is 0 Å². The molecule has 2 amide bonds. The third-order valence-corrected chi connectivity index (χ3v) is 6.22. The number of fused-ring (bicyclic) bond motifs is 1. The molecule has 0 radical (unpaired) electrons. The van der Waals surface area contributed by atoms with E-state index in [2.05, 4.69) is 11.0 Å². The fourth-order valence-corrected chi connectivity index (χ4v) is 4.33. The second kappa shape index (κ2) is 8.97. The lowest BCUT2D eigenvalue weighted by molar-refractivity contribution is -0.132. The van der Waals surface area contributed by atoms with Gasteiger partial charge in [-0.1, -0.05) is 48.0 Å². The van der Waals surface area contributed by atoms with Crippen LogP contribution in [-0.4, -0.2) is 60.9 Å². The van der Waals surface area contributed by atoms with E-state index in [9.17, 15) is 9.59 Å². The fraction of sp³-hybridized carbons (Fsp3) is 0.391. The third-order valence-electron chi connectivity index (χ3n) is 5.85. The Hall–Kier alpha value is -2.37. The molecule has 2 aromatic carbocycles. The first-order valence-corrected chi connectivity index (χ1v) is 10.6. The van der Waals surface area contributed by atoms with E-state index < -0.39 is 0 Å². The molecule has 2 aliphatic heterocycles. The van der Waals surface area contributed by atoms with Gasteiger partial charge in [-0.25, -0.2) is 0 Å². The summed E-state index contributed by atoms with van der Waals surface area (Å²) in [6.07, 6.45) is 1.79. The molecule has 2 aromatic rings. The van der Waals surface area contributed by atoms with Crippen LogP contribution in [0.1, 0.15) is 17.5 Å². The second-order valence-corrected chi connectivity index (χ2v) is 8.07. The Balaban J connectivity index is 1.23. The van der Waals surface area contributed by atoms with Gasteiger partial charge in [-0.05, 0) is 29.7 Å². The first kappa shape index (κ1) is 19.9. The molecule has 2 aliphatic rings. The van der Waals surface area contributed by atoms with E-state index in [0.717, 1.165) is 43.9 Å². The lowest BCUT2D eigenvalue weighted by Crippen LogP contribution is -2.49. The highest BCUT2D eigenvalue weighted by molar-refractivity contribution is 6.31. The predicted octanol–water partition coefficient (Wildman–Crippen LogP) is 3.01. The van der Waals surface area contributed by atoms with Crippen LogP contribution in [0.15, 0.2) is 48.5 Å². The summed E-state index contributed by atoms with van der Waals surface area (Å²) in [5, 5.41) is 0.640. The highest BCUT2D eigenvalue weighted by atomic mass is 35.5. The van der Waals surface area contributed by atoms with Gasteiger partial charge < -0.3 is 9.80 Å². The van der Waals surface area contributed by atoms with Crippen molar-refractivity contribution < 1.29 is 9.59 Å². The van der Waals surface area contributed by atoms with E-state index in [1.165, 1.54) is 5.56 Å². The van der Waals surface area contributed by atoms with Crippen molar-refractivity contribution in [2.45, 2.75) is 19.3 Å². The average Bonchev–Trinajstić information content (AvgIpc) is 3.18. The Morgan fingerprint density at radius 3 is 2.38 bits per heavy atom. The minimum absolute atomic E-state index is 0.113.